The molecule has 1 N–H and O–H groups in total. The molecule has 1 saturated heterocycles. The molecular formula is C21H25ClN2O4S. The monoisotopic (exact) mass is 436 g/mol. The smallest absolute Gasteiger partial charge is 0.251 e. The van der Waals surface area contributed by atoms with Crippen LogP contribution in [0.15, 0.2) is 47.4 Å². The summed E-state index contributed by atoms with van der Waals surface area (Å²) in [5, 5.41) is 2.94. The fraction of sp³-hybridized carbons (Fsp3) is 0.381. The number of hydrogen-bond acceptors (Lipinski definition) is 4. The second-order valence-corrected chi connectivity index (χ2v) is 9.19. The van der Waals surface area contributed by atoms with Gasteiger partial charge in [-0.25, -0.2) is 8.42 Å². The number of rotatable bonds is 7. The quantitative estimate of drug-likeness (QED) is 0.715. The Hall–Kier alpha value is -2.09. The van der Waals surface area contributed by atoms with E-state index in [1.807, 2.05) is 31.2 Å². The lowest BCUT2D eigenvalue weighted by Gasteiger charge is -2.26. The van der Waals surface area contributed by atoms with Crippen LogP contribution in [0.3, 0.4) is 0 Å². The van der Waals surface area contributed by atoms with Crippen LogP contribution in [0, 0.1) is 0 Å². The number of benzene rings is 2. The number of piperidine rings is 1. The lowest BCUT2D eigenvalue weighted by Crippen LogP contribution is -2.36. The molecule has 2 aromatic rings. The van der Waals surface area contributed by atoms with Crippen molar-refractivity contribution in [3.8, 4) is 5.75 Å². The highest BCUT2D eigenvalue weighted by molar-refractivity contribution is 7.89. The maximum absolute atomic E-state index is 13.0. The first kappa shape index (κ1) is 21.6. The highest BCUT2D eigenvalue weighted by Crippen LogP contribution is 2.28. The molecule has 1 aliphatic heterocycles. The number of carbonyl (C=O) groups excluding carboxylic acids is 1. The van der Waals surface area contributed by atoms with Crippen molar-refractivity contribution in [1.82, 2.24) is 9.62 Å². The van der Waals surface area contributed by atoms with Gasteiger partial charge in [0, 0.05) is 25.2 Å². The van der Waals surface area contributed by atoms with E-state index in [2.05, 4.69) is 5.32 Å². The van der Waals surface area contributed by atoms with Gasteiger partial charge < -0.3 is 10.1 Å². The summed E-state index contributed by atoms with van der Waals surface area (Å²) in [7, 11) is -3.72. The predicted molar refractivity (Wildman–Crippen MR) is 113 cm³/mol. The van der Waals surface area contributed by atoms with Crippen molar-refractivity contribution in [3.05, 3.63) is 58.6 Å². The summed E-state index contributed by atoms with van der Waals surface area (Å²) < 4.78 is 32.8. The van der Waals surface area contributed by atoms with Gasteiger partial charge in [0.2, 0.25) is 10.0 Å². The molecule has 0 radical (unpaired) electrons. The Kier molecular flexibility index (Phi) is 7.16. The molecule has 0 spiro atoms. The number of sulfonamides is 1. The molecule has 2 aromatic carbocycles. The van der Waals surface area contributed by atoms with Crippen molar-refractivity contribution in [3.63, 3.8) is 0 Å². The first-order chi connectivity index (χ1) is 13.9. The molecule has 0 aliphatic carbocycles. The van der Waals surface area contributed by atoms with Crippen LogP contribution in [-0.2, 0) is 16.6 Å². The third-order valence-electron chi connectivity index (χ3n) is 4.79. The topological polar surface area (TPSA) is 75.7 Å². The largest absolute Gasteiger partial charge is 0.494 e. The predicted octanol–water partition coefficient (Wildman–Crippen LogP) is 3.84. The maximum Gasteiger partial charge on any atom is 0.251 e. The molecule has 29 heavy (non-hydrogen) atoms. The van der Waals surface area contributed by atoms with Crippen molar-refractivity contribution in [2.45, 2.75) is 37.6 Å². The van der Waals surface area contributed by atoms with E-state index in [1.54, 1.807) is 0 Å². The Balaban J connectivity index is 1.75. The van der Waals surface area contributed by atoms with Crippen LogP contribution in [0.2, 0.25) is 5.02 Å². The van der Waals surface area contributed by atoms with Crippen LogP contribution >= 0.6 is 11.6 Å². The SMILES string of the molecule is CCOc1cccc(CNC(=O)c2ccc(Cl)c(S(=O)(=O)N3CCCCC3)c2)c1. The van der Waals surface area contributed by atoms with Crippen molar-refractivity contribution < 1.29 is 17.9 Å². The highest BCUT2D eigenvalue weighted by atomic mass is 35.5. The van der Waals surface area contributed by atoms with Crippen LogP contribution in [-0.4, -0.2) is 38.3 Å². The number of nitrogens with zero attached hydrogens (tertiary/aromatic N) is 1. The fourth-order valence-corrected chi connectivity index (χ4v) is 5.30. The van der Waals surface area contributed by atoms with E-state index in [4.69, 9.17) is 16.3 Å². The van der Waals surface area contributed by atoms with Gasteiger partial charge in [-0.05, 0) is 55.7 Å². The minimum atomic E-state index is -3.72. The van der Waals surface area contributed by atoms with E-state index in [-0.39, 0.29) is 21.4 Å². The van der Waals surface area contributed by atoms with Crippen molar-refractivity contribution in [2.75, 3.05) is 19.7 Å². The van der Waals surface area contributed by atoms with Gasteiger partial charge in [0.15, 0.2) is 0 Å². The van der Waals surface area contributed by atoms with Gasteiger partial charge in [0.05, 0.1) is 11.6 Å². The Morgan fingerprint density at radius 1 is 1.14 bits per heavy atom. The van der Waals surface area contributed by atoms with Crippen LogP contribution < -0.4 is 10.1 Å². The van der Waals surface area contributed by atoms with Gasteiger partial charge in [-0.3, -0.25) is 4.79 Å². The third-order valence-corrected chi connectivity index (χ3v) is 7.17. The van der Waals surface area contributed by atoms with Gasteiger partial charge >= 0.3 is 0 Å². The van der Waals surface area contributed by atoms with E-state index in [1.165, 1.54) is 22.5 Å². The number of amides is 1. The number of hydrogen-bond donors (Lipinski definition) is 1. The third kappa shape index (κ3) is 5.29. The van der Waals surface area contributed by atoms with E-state index in [9.17, 15) is 13.2 Å². The molecule has 8 heteroatoms. The van der Waals surface area contributed by atoms with Gasteiger partial charge in [-0.15, -0.1) is 0 Å². The Bertz CT molecular complexity index is 972. The van der Waals surface area contributed by atoms with Crippen molar-refractivity contribution in [1.29, 1.82) is 0 Å². The highest BCUT2D eigenvalue weighted by Gasteiger charge is 2.28. The minimum absolute atomic E-state index is 0.0212. The van der Waals surface area contributed by atoms with Crippen LogP contribution in [0.25, 0.3) is 0 Å². The van der Waals surface area contributed by atoms with Crippen LogP contribution in [0.5, 0.6) is 5.75 Å². The molecule has 0 saturated carbocycles. The summed E-state index contributed by atoms with van der Waals surface area (Å²) in [4.78, 5) is 12.6. The summed E-state index contributed by atoms with van der Waals surface area (Å²) in [6, 6.07) is 11.8. The normalized spacial score (nSPS) is 15.1. The van der Waals surface area contributed by atoms with E-state index in [0.29, 0.717) is 26.2 Å². The molecule has 156 valence electrons. The van der Waals surface area contributed by atoms with Crippen LogP contribution in [0.4, 0.5) is 0 Å². The first-order valence-electron chi connectivity index (χ1n) is 9.71. The Morgan fingerprint density at radius 2 is 1.90 bits per heavy atom. The molecule has 3 rings (SSSR count). The zero-order valence-electron chi connectivity index (χ0n) is 16.4. The van der Waals surface area contributed by atoms with Crippen LogP contribution in [0.1, 0.15) is 42.1 Å². The number of halogens is 1. The maximum atomic E-state index is 13.0. The molecule has 0 atom stereocenters. The average molecular weight is 437 g/mol. The number of nitrogens with one attached hydrogen (secondary N) is 1. The van der Waals surface area contributed by atoms with E-state index < -0.39 is 10.0 Å². The lowest BCUT2D eigenvalue weighted by molar-refractivity contribution is 0.0950. The molecule has 1 amide bonds. The standard InChI is InChI=1S/C21H25ClN2O4S/c1-2-28-18-8-6-7-16(13-18)15-23-21(25)17-9-10-19(22)20(14-17)29(26,27)24-11-4-3-5-12-24/h6-10,13-14H,2-5,11-12,15H2,1H3,(H,23,25). The summed E-state index contributed by atoms with van der Waals surface area (Å²) >= 11 is 6.17. The number of carbonyl (C=O) groups is 1. The molecular weight excluding hydrogens is 412 g/mol. The lowest BCUT2D eigenvalue weighted by atomic mass is 10.2. The van der Waals surface area contributed by atoms with Crippen molar-refractivity contribution >= 4 is 27.5 Å². The molecule has 0 unspecified atom stereocenters. The van der Waals surface area contributed by atoms with Gasteiger partial charge in [0.1, 0.15) is 10.6 Å². The van der Waals surface area contributed by atoms with Gasteiger partial charge in [0.25, 0.3) is 5.91 Å². The van der Waals surface area contributed by atoms with E-state index >= 15 is 0 Å². The van der Waals surface area contributed by atoms with Crippen molar-refractivity contribution in [2.24, 2.45) is 0 Å². The van der Waals surface area contributed by atoms with Gasteiger partial charge in [-0.2, -0.15) is 4.31 Å². The Morgan fingerprint density at radius 3 is 2.62 bits per heavy atom. The minimum Gasteiger partial charge on any atom is -0.494 e. The molecule has 0 aromatic heterocycles. The number of ether oxygens (including phenoxy) is 1. The van der Waals surface area contributed by atoms with E-state index in [0.717, 1.165) is 30.6 Å². The summed E-state index contributed by atoms with van der Waals surface area (Å²) in [6.45, 7) is 3.73. The zero-order valence-corrected chi connectivity index (χ0v) is 17.9. The average Bonchev–Trinajstić information content (AvgIpc) is 2.73. The summed E-state index contributed by atoms with van der Waals surface area (Å²) in [5.41, 5.74) is 1.14. The molecule has 0 bridgehead atoms. The first-order valence-corrected chi connectivity index (χ1v) is 11.5. The second kappa shape index (κ2) is 9.61. The summed E-state index contributed by atoms with van der Waals surface area (Å²) in [6.07, 6.45) is 2.68. The van der Waals surface area contributed by atoms with Gasteiger partial charge in [-0.1, -0.05) is 30.2 Å². The zero-order chi connectivity index (χ0) is 20.9. The molecule has 1 aliphatic rings. The molecule has 6 nitrogen and oxygen atoms in total. The summed E-state index contributed by atoms with van der Waals surface area (Å²) in [5.74, 6) is 0.374. The Labute approximate surface area is 176 Å². The molecule has 1 fully saturated rings. The fourth-order valence-electron chi connectivity index (χ4n) is 3.28. The second-order valence-electron chi connectivity index (χ2n) is 6.87. The molecule has 1 heterocycles.